The summed E-state index contributed by atoms with van der Waals surface area (Å²) in [6.45, 7) is 1.44. The molecule has 0 aliphatic rings. The van der Waals surface area contributed by atoms with Gasteiger partial charge >= 0.3 is 0 Å². The minimum Gasteiger partial charge on any atom is -0.371 e. The van der Waals surface area contributed by atoms with E-state index in [9.17, 15) is 9.18 Å². The van der Waals surface area contributed by atoms with E-state index >= 15 is 0 Å². The van der Waals surface area contributed by atoms with E-state index in [-0.39, 0.29) is 5.56 Å². The fourth-order valence-corrected chi connectivity index (χ4v) is 1.37. The predicted molar refractivity (Wildman–Crippen MR) is 62.1 cm³/mol. The summed E-state index contributed by atoms with van der Waals surface area (Å²) in [5, 5.41) is 2.98. The number of carbonyl (C=O) groups is 1. The van der Waals surface area contributed by atoms with Gasteiger partial charge in [0.25, 0.3) is 0 Å². The number of nitrogens with one attached hydrogen (secondary N) is 1. The SMILES string of the molecule is CNCCN(C)c1ccc(C(N)=O)cc1F. The van der Waals surface area contributed by atoms with Crippen molar-refractivity contribution in [3.05, 3.63) is 29.6 Å². The van der Waals surface area contributed by atoms with E-state index in [0.29, 0.717) is 12.2 Å². The normalized spacial score (nSPS) is 10.2. The zero-order valence-corrected chi connectivity index (χ0v) is 9.46. The maximum Gasteiger partial charge on any atom is 0.248 e. The second kappa shape index (κ2) is 5.46. The van der Waals surface area contributed by atoms with Crippen LogP contribution in [-0.4, -0.2) is 33.1 Å². The molecule has 0 fully saturated rings. The molecule has 16 heavy (non-hydrogen) atoms. The average molecular weight is 225 g/mol. The number of hydrogen-bond acceptors (Lipinski definition) is 3. The van der Waals surface area contributed by atoms with Crippen LogP contribution < -0.4 is 16.0 Å². The van der Waals surface area contributed by atoms with Crippen LogP contribution in [0.5, 0.6) is 0 Å². The van der Waals surface area contributed by atoms with Crippen molar-refractivity contribution in [2.45, 2.75) is 0 Å². The first-order valence-corrected chi connectivity index (χ1v) is 5.01. The lowest BCUT2D eigenvalue weighted by atomic mass is 10.2. The van der Waals surface area contributed by atoms with Gasteiger partial charge in [0.2, 0.25) is 5.91 Å². The van der Waals surface area contributed by atoms with Crippen LogP contribution >= 0.6 is 0 Å². The van der Waals surface area contributed by atoms with Crippen LogP contribution in [0.3, 0.4) is 0 Å². The van der Waals surface area contributed by atoms with Crippen molar-refractivity contribution in [2.75, 3.05) is 32.1 Å². The smallest absolute Gasteiger partial charge is 0.248 e. The molecule has 0 unspecified atom stereocenters. The second-order valence-electron chi connectivity index (χ2n) is 3.56. The van der Waals surface area contributed by atoms with Gasteiger partial charge in [-0.3, -0.25) is 4.79 Å². The van der Waals surface area contributed by atoms with E-state index in [1.54, 1.807) is 18.0 Å². The molecule has 0 aliphatic carbocycles. The molecule has 1 amide bonds. The van der Waals surface area contributed by atoms with Crippen LogP contribution in [0.15, 0.2) is 18.2 Å². The Hall–Kier alpha value is -1.62. The number of carbonyl (C=O) groups excluding carboxylic acids is 1. The maximum atomic E-state index is 13.6. The van der Waals surface area contributed by atoms with Gasteiger partial charge in [-0.05, 0) is 25.2 Å². The summed E-state index contributed by atoms with van der Waals surface area (Å²) in [6.07, 6.45) is 0. The van der Waals surface area contributed by atoms with Crippen molar-refractivity contribution in [2.24, 2.45) is 5.73 Å². The first-order chi connectivity index (χ1) is 7.56. The Morgan fingerprint density at radius 3 is 2.75 bits per heavy atom. The molecule has 5 heteroatoms. The number of rotatable bonds is 5. The predicted octanol–water partition coefficient (Wildman–Crippen LogP) is 0.580. The molecule has 0 spiro atoms. The van der Waals surface area contributed by atoms with Crippen LogP contribution in [0, 0.1) is 5.82 Å². The second-order valence-corrected chi connectivity index (χ2v) is 3.56. The van der Waals surface area contributed by atoms with Crippen molar-refractivity contribution in [3.8, 4) is 0 Å². The lowest BCUT2D eigenvalue weighted by Crippen LogP contribution is -2.27. The fourth-order valence-electron chi connectivity index (χ4n) is 1.37. The molecule has 0 saturated heterocycles. The van der Waals surface area contributed by atoms with Crippen molar-refractivity contribution in [3.63, 3.8) is 0 Å². The highest BCUT2D eigenvalue weighted by molar-refractivity contribution is 5.93. The number of amides is 1. The molecule has 0 bridgehead atoms. The number of primary amides is 1. The number of hydrogen-bond donors (Lipinski definition) is 2. The Morgan fingerprint density at radius 2 is 2.25 bits per heavy atom. The summed E-state index contributed by atoms with van der Waals surface area (Å²) >= 11 is 0. The van der Waals surface area contributed by atoms with Gasteiger partial charge in [0.1, 0.15) is 5.82 Å². The number of halogens is 1. The third kappa shape index (κ3) is 2.93. The minimum absolute atomic E-state index is 0.184. The molecule has 0 heterocycles. The van der Waals surface area contributed by atoms with Crippen LogP contribution in [0.1, 0.15) is 10.4 Å². The van der Waals surface area contributed by atoms with E-state index in [2.05, 4.69) is 5.32 Å². The van der Waals surface area contributed by atoms with Crippen LogP contribution in [0.4, 0.5) is 10.1 Å². The summed E-state index contributed by atoms with van der Waals surface area (Å²) in [7, 11) is 3.63. The van der Waals surface area contributed by atoms with Gasteiger partial charge in [-0.25, -0.2) is 4.39 Å². The summed E-state index contributed by atoms with van der Waals surface area (Å²) in [5.74, 6) is -1.06. The molecular weight excluding hydrogens is 209 g/mol. The zero-order chi connectivity index (χ0) is 12.1. The molecule has 0 aliphatic heterocycles. The minimum atomic E-state index is -0.622. The Kier molecular flexibility index (Phi) is 4.25. The van der Waals surface area contributed by atoms with Crippen LogP contribution in [0.2, 0.25) is 0 Å². The molecule has 1 rings (SSSR count). The molecule has 88 valence electrons. The van der Waals surface area contributed by atoms with E-state index < -0.39 is 11.7 Å². The fraction of sp³-hybridized carbons (Fsp3) is 0.364. The molecule has 0 saturated carbocycles. The average Bonchev–Trinajstić information content (AvgIpc) is 2.25. The van der Waals surface area contributed by atoms with Gasteiger partial charge in [-0.2, -0.15) is 0 Å². The number of benzene rings is 1. The number of nitrogens with two attached hydrogens (primary N) is 1. The Bertz CT molecular complexity index is 381. The highest BCUT2D eigenvalue weighted by Gasteiger charge is 2.09. The third-order valence-corrected chi connectivity index (χ3v) is 2.34. The van der Waals surface area contributed by atoms with Gasteiger partial charge < -0.3 is 16.0 Å². The van der Waals surface area contributed by atoms with E-state index in [1.165, 1.54) is 6.07 Å². The van der Waals surface area contributed by atoms with Crippen LogP contribution in [0.25, 0.3) is 0 Å². The van der Waals surface area contributed by atoms with Crippen molar-refractivity contribution < 1.29 is 9.18 Å². The quantitative estimate of drug-likeness (QED) is 0.770. The van der Waals surface area contributed by atoms with E-state index in [4.69, 9.17) is 5.73 Å². The number of likely N-dealkylation sites (N-methyl/N-ethyl adjacent to an activating group) is 2. The Labute approximate surface area is 94.2 Å². The van der Waals surface area contributed by atoms with Gasteiger partial charge in [0.15, 0.2) is 0 Å². The standard InChI is InChI=1S/C11H16FN3O/c1-14-5-6-15(2)10-4-3-8(11(13)16)7-9(10)12/h3-4,7,14H,5-6H2,1-2H3,(H2,13,16). The summed E-state index contributed by atoms with van der Waals surface area (Å²) < 4.78 is 13.6. The Balaban J connectivity index is 2.85. The summed E-state index contributed by atoms with van der Waals surface area (Å²) in [4.78, 5) is 12.6. The summed E-state index contributed by atoms with van der Waals surface area (Å²) in [5.41, 5.74) is 5.70. The number of nitrogens with zero attached hydrogens (tertiary/aromatic N) is 1. The van der Waals surface area contributed by atoms with Gasteiger partial charge in [-0.15, -0.1) is 0 Å². The largest absolute Gasteiger partial charge is 0.371 e. The van der Waals surface area contributed by atoms with Crippen molar-refractivity contribution in [1.82, 2.24) is 5.32 Å². The van der Waals surface area contributed by atoms with Gasteiger partial charge in [0, 0.05) is 25.7 Å². The third-order valence-electron chi connectivity index (χ3n) is 2.34. The zero-order valence-electron chi connectivity index (χ0n) is 9.46. The molecule has 3 N–H and O–H groups in total. The summed E-state index contributed by atoms with van der Waals surface area (Å²) in [6, 6.07) is 4.25. The van der Waals surface area contributed by atoms with Gasteiger partial charge in [-0.1, -0.05) is 0 Å². The van der Waals surface area contributed by atoms with E-state index in [1.807, 2.05) is 7.05 Å². The van der Waals surface area contributed by atoms with E-state index in [0.717, 1.165) is 12.6 Å². The number of anilines is 1. The molecular formula is C11H16FN3O. The van der Waals surface area contributed by atoms with Crippen molar-refractivity contribution >= 4 is 11.6 Å². The highest BCUT2D eigenvalue weighted by Crippen LogP contribution is 2.18. The molecule has 0 aromatic heterocycles. The van der Waals surface area contributed by atoms with Gasteiger partial charge in [0.05, 0.1) is 5.69 Å². The highest BCUT2D eigenvalue weighted by atomic mass is 19.1. The Morgan fingerprint density at radius 1 is 1.56 bits per heavy atom. The molecule has 4 nitrogen and oxygen atoms in total. The molecule has 1 aromatic carbocycles. The molecule has 0 atom stereocenters. The van der Waals surface area contributed by atoms with Crippen molar-refractivity contribution in [1.29, 1.82) is 0 Å². The molecule has 0 radical (unpaired) electrons. The van der Waals surface area contributed by atoms with Crippen LogP contribution in [-0.2, 0) is 0 Å². The topological polar surface area (TPSA) is 58.4 Å². The first kappa shape index (κ1) is 12.4. The monoisotopic (exact) mass is 225 g/mol. The lowest BCUT2D eigenvalue weighted by Gasteiger charge is -2.19. The lowest BCUT2D eigenvalue weighted by molar-refractivity contribution is 0.1000. The molecule has 1 aromatic rings. The first-order valence-electron chi connectivity index (χ1n) is 5.01. The maximum absolute atomic E-state index is 13.6.